The summed E-state index contributed by atoms with van der Waals surface area (Å²) in [5, 5.41) is 13.4. The molecule has 2 aromatic heterocycles. The highest BCUT2D eigenvalue weighted by Gasteiger charge is 2.28. The highest BCUT2D eigenvalue weighted by atomic mass is 32.2. The Balaban J connectivity index is 1.85. The number of nitrogen functional groups attached to an aromatic ring is 1. The maximum atomic E-state index is 5.45. The van der Waals surface area contributed by atoms with Crippen molar-refractivity contribution in [1.29, 1.82) is 0 Å². The van der Waals surface area contributed by atoms with Crippen LogP contribution in [0, 0.1) is 0 Å². The zero-order chi connectivity index (χ0) is 13.9. The van der Waals surface area contributed by atoms with Crippen molar-refractivity contribution in [2.75, 3.05) is 5.43 Å². The number of rotatable bonds is 6. The molecule has 1 saturated carbocycles. The van der Waals surface area contributed by atoms with Crippen LogP contribution >= 0.6 is 11.8 Å². The highest BCUT2D eigenvalue weighted by molar-refractivity contribution is 7.99. The van der Waals surface area contributed by atoms with Gasteiger partial charge < -0.3 is 5.43 Å². The van der Waals surface area contributed by atoms with E-state index in [4.69, 9.17) is 5.84 Å². The molecule has 1 aliphatic carbocycles. The van der Waals surface area contributed by atoms with E-state index in [9.17, 15) is 0 Å². The number of tetrazole rings is 1. The molecule has 1 fully saturated rings. The van der Waals surface area contributed by atoms with Crippen LogP contribution in [0.4, 0.5) is 5.82 Å². The van der Waals surface area contributed by atoms with Crippen LogP contribution in [0.5, 0.6) is 0 Å². The molecule has 0 radical (unpaired) electrons. The molecule has 2 aromatic rings. The Hall–Kier alpha value is -1.74. The van der Waals surface area contributed by atoms with E-state index in [-0.39, 0.29) is 0 Å². The summed E-state index contributed by atoms with van der Waals surface area (Å²) >= 11 is 1.44. The molecule has 8 nitrogen and oxygen atoms in total. The summed E-state index contributed by atoms with van der Waals surface area (Å²) in [5.74, 6) is 6.83. The number of anilines is 1. The molecule has 3 rings (SSSR count). The molecule has 0 saturated heterocycles. The van der Waals surface area contributed by atoms with Crippen LogP contribution in [0.25, 0.3) is 0 Å². The van der Waals surface area contributed by atoms with Gasteiger partial charge in [0, 0.05) is 12.5 Å². The van der Waals surface area contributed by atoms with E-state index in [0.717, 1.165) is 41.7 Å². The predicted octanol–water partition coefficient (Wildman–Crippen LogP) is 1.19. The van der Waals surface area contributed by atoms with Gasteiger partial charge >= 0.3 is 0 Å². The second-order valence-electron chi connectivity index (χ2n) is 4.64. The normalized spacial score (nSPS) is 14.5. The summed E-state index contributed by atoms with van der Waals surface area (Å²) in [5.41, 5.74) is 2.57. The van der Waals surface area contributed by atoms with E-state index in [2.05, 4.69) is 37.8 Å². The van der Waals surface area contributed by atoms with Crippen LogP contribution in [0.3, 0.4) is 0 Å². The molecule has 0 aromatic carbocycles. The van der Waals surface area contributed by atoms with Gasteiger partial charge in [-0.3, -0.25) is 0 Å². The van der Waals surface area contributed by atoms with Crippen LogP contribution in [-0.2, 0) is 6.42 Å². The quantitative estimate of drug-likeness (QED) is 0.464. The molecule has 0 bridgehead atoms. The Morgan fingerprint density at radius 3 is 3.00 bits per heavy atom. The Morgan fingerprint density at radius 1 is 1.45 bits per heavy atom. The van der Waals surface area contributed by atoms with Crippen molar-refractivity contribution in [2.24, 2.45) is 5.84 Å². The Labute approximate surface area is 120 Å². The molecule has 0 amide bonds. The standard InChI is InChI=1S/C11H16N8S/c1-2-3-8-13-9(15-12)6-10(14-8)20-11-16-17-18-19(11)7-4-5-7/h6-7H,2-5,12H2,1H3,(H,13,14,15). The number of nitrogens with zero attached hydrogens (tertiary/aromatic N) is 6. The lowest BCUT2D eigenvalue weighted by Crippen LogP contribution is -2.11. The van der Waals surface area contributed by atoms with Crippen LogP contribution in [-0.4, -0.2) is 30.2 Å². The van der Waals surface area contributed by atoms with Gasteiger partial charge in [-0.25, -0.2) is 20.5 Å². The third-order valence-electron chi connectivity index (χ3n) is 2.92. The average molecular weight is 292 g/mol. The Bertz CT molecular complexity index is 594. The first-order chi connectivity index (χ1) is 9.80. The fourth-order valence-corrected chi connectivity index (χ4v) is 2.69. The highest BCUT2D eigenvalue weighted by Crippen LogP contribution is 2.37. The molecular formula is C11H16N8S. The zero-order valence-corrected chi connectivity index (χ0v) is 12.0. The lowest BCUT2D eigenvalue weighted by atomic mass is 10.3. The van der Waals surface area contributed by atoms with E-state index < -0.39 is 0 Å². The van der Waals surface area contributed by atoms with E-state index >= 15 is 0 Å². The summed E-state index contributed by atoms with van der Waals surface area (Å²) in [4.78, 5) is 8.84. The molecule has 1 aliphatic rings. The first-order valence-electron chi connectivity index (χ1n) is 6.60. The van der Waals surface area contributed by atoms with Crippen LogP contribution in [0.1, 0.15) is 38.1 Å². The molecule has 0 spiro atoms. The van der Waals surface area contributed by atoms with Gasteiger partial charge in [0.2, 0.25) is 5.16 Å². The van der Waals surface area contributed by atoms with Crippen molar-refractivity contribution in [1.82, 2.24) is 30.2 Å². The van der Waals surface area contributed by atoms with E-state index in [0.29, 0.717) is 11.9 Å². The molecule has 0 aliphatic heterocycles. The van der Waals surface area contributed by atoms with Crippen molar-refractivity contribution in [3.8, 4) is 0 Å². The van der Waals surface area contributed by atoms with Gasteiger partial charge in [0.05, 0.1) is 6.04 Å². The lowest BCUT2D eigenvalue weighted by Gasteiger charge is -2.06. The Kier molecular flexibility index (Phi) is 3.79. The van der Waals surface area contributed by atoms with Gasteiger partial charge in [-0.1, -0.05) is 6.92 Å². The zero-order valence-electron chi connectivity index (χ0n) is 11.2. The minimum Gasteiger partial charge on any atom is -0.308 e. The second-order valence-corrected chi connectivity index (χ2v) is 5.63. The third-order valence-corrected chi connectivity index (χ3v) is 3.79. The number of nitrogens with one attached hydrogen (secondary N) is 1. The largest absolute Gasteiger partial charge is 0.308 e. The summed E-state index contributed by atoms with van der Waals surface area (Å²) in [6.07, 6.45) is 4.08. The number of hydrogen-bond donors (Lipinski definition) is 2. The maximum Gasteiger partial charge on any atom is 0.215 e. The van der Waals surface area contributed by atoms with Gasteiger partial charge in [-0.2, -0.15) is 0 Å². The number of aryl methyl sites for hydroxylation is 1. The first-order valence-corrected chi connectivity index (χ1v) is 7.42. The number of hydrogen-bond acceptors (Lipinski definition) is 8. The molecule has 3 N–H and O–H groups in total. The van der Waals surface area contributed by atoms with Gasteiger partial charge in [0.1, 0.15) is 16.7 Å². The maximum absolute atomic E-state index is 5.45. The second kappa shape index (κ2) is 5.71. The topological polar surface area (TPSA) is 107 Å². The van der Waals surface area contributed by atoms with Crippen molar-refractivity contribution < 1.29 is 0 Å². The third kappa shape index (κ3) is 2.88. The minimum absolute atomic E-state index is 0.441. The summed E-state index contributed by atoms with van der Waals surface area (Å²) < 4.78 is 1.86. The van der Waals surface area contributed by atoms with Crippen LogP contribution in [0.15, 0.2) is 16.2 Å². The first kappa shape index (κ1) is 13.3. The molecule has 0 atom stereocenters. The summed E-state index contributed by atoms with van der Waals surface area (Å²) in [6, 6.07) is 2.24. The van der Waals surface area contributed by atoms with Crippen LogP contribution < -0.4 is 11.3 Å². The number of aromatic nitrogens is 6. The van der Waals surface area contributed by atoms with E-state index in [1.165, 1.54) is 11.8 Å². The molecule has 20 heavy (non-hydrogen) atoms. The summed E-state index contributed by atoms with van der Waals surface area (Å²) in [6.45, 7) is 2.09. The monoisotopic (exact) mass is 292 g/mol. The van der Waals surface area contributed by atoms with Gasteiger partial charge in [0.25, 0.3) is 0 Å². The number of hydrazine groups is 1. The smallest absolute Gasteiger partial charge is 0.215 e. The van der Waals surface area contributed by atoms with Crippen molar-refractivity contribution >= 4 is 17.6 Å². The SMILES string of the molecule is CCCc1nc(NN)cc(Sc2nnnn2C2CC2)n1. The number of nitrogens with two attached hydrogens (primary N) is 1. The fraction of sp³-hybridized carbons (Fsp3) is 0.545. The van der Waals surface area contributed by atoms with Crippen molar-refractivity contribution in [3.05, 3.63) is 11.9 Å². The Morgan fingerprint density at radius 2 is 2.30 bits per heavy atom. The fourth-order valence-electron chi connectivity index (χ4n) is 1.83. The van der Waals surface area contributed by atoms with Gasteiger partial charge in [-0.05, 0) is 41.5 Å². The molecule has 9 heteroatoms. The molecule has 2 heterocycles. The van der Waals surface area contributed by atoms with E-state index in [1.807, 2.05) is 4.68 Å². The van der Waals surface area contributed by atoms with Gasteiger partial charge in [0.15, 0.2) is 0 Å². The molecular weight excluding hydrogens is 276 g/mol. The minimum atomic E-state index is 0.441. The van der Waals surface area contributed by atoms with Crippen molar-refractivity contribution in [2.45, 2.75) is 48.8 Å². The summed E-state index contributed by atoms with van der Waals surface area (Å²) in [7, 11) is 0. The van der Waals surface area contributed by atoms with E-state index in [1.54, 1.807) is 6.07 Å². The average Bonchev–Trinajstić information content (AvgIpc) is 3.19. The molecule has 0 unspecified atom stereocenters. The predicted molar refractivity (Wildman–Crippen MR) is 74.0 cm³/mol. The van der Waals surface area contributed by atoms with Gasteiger partial charge in [-0.15, -0.1) is 5.10 Å². The molecule has 106 valence electrons. The van der Waals surface area contributed by atoms with Crippen molar-refractivity contribution in [3.63, 3.8) is 0 Å². The lowest BCUT2D eigenvalue weighted by molar-refractivity contribution is 0.565. The van der Waals surface area contributed by atoms with Crippen LogP contribution in [0.2, 0.25) is 0 Å².